The summed E-state index contributed by atoms with van der Waals surface area (Å²) in [4.78, 5) is 11.3. The van der Waals surface area contributed by atoms with Crippen LogP contribution in [-0.4, -0.2) is 19.0 Å². The van der Waals surface area contributed by atoms with E-state index in [0.29, 0.717) is 19.5 Å². The molecule has 0 aliphatic heterocycles. The number of hydrogen-bond donors (Lipinski definition) is 2. The van der Waals surface area contributed by atoms with Crippen LogP contribution in [0.4, 0.5) is 4.39 Å². The highest BCUT2D eigenvalue weighted by Crippen LogP contribution is 2.17. The molecule has 1 aromatic rings. The molecule has 0 aromatic heterocycles. The molecule has 0 heterocycles. The smallest absolute Gasteiger partial charge is 0.234 e. The molecule has 0 aliphatic carbocycles. The van der Waals surface area contributed by atoms with E-state index in [1.807, 2.05) is 6.07 Å². The molecule has 0 saturated carbocycles. The molecule has 18 heavy (non-hydrogen) atoms. The first-order valence-corrected chi connectivity index (χ1v) is 6.21. The molecule has 0 fully saturated rings. The van der Waals surface area contributed by atoms with Crippen LogP contribution in [0.5, 0.6) is 0 Å². The zero-order valence-electron chi connectivity index (χ0n) is 9.67. The van der Waals surface area contributed by atoms with Crippen LogP contribution in [0.25, 0.3) is 0 Å². The van der Waals surface area contributed by atoms with Crippen molar-refractivity contribution >= 4 is 21.8 Å². The van der Waals surface area contributed by atoms with Gasteiger partial charge in [-0.25, -0.2) is 4.39 Å². The second kappa shape index (κ2) is 7.80. The zero-order chi connectivity index (χ0) is 13.4. The molecule has 0 atom stereocenters. The van der Waals surface area contributed by atoms with E-state index in [2.05, 4.69) is 26.6 Å². The van der Waals surface area contributed by atoms with Gasteiger partial charge in [-0.3, -0.25) is 4.79 Å². The van der Waals surface area contributed by atoms with Gasteiger partial charge in [0.15, 0.2) is 0 Å². The Labute approximate surface area is 113 Å². The molecule has 6 heteroatoms. The molecule has 0 unspecified atom stereocenters. The van der Waals surface area contributed by atoms with E-state index in [-0.39, 0.29) is 18.3 Å². The van der Waals surface area contributed by atoms with Gasteiger partial charge >= 0.3 is 0 Å². The molecule has 0 spiro atoms. The molecule has 0 radical (unpaired) electrons. The minimum absolute atomic E-state index is 0.133. The molecule has 1 aromatic carbocycles. The van der Waals surface area contributed by atoms with Gasteiger partial charge in [-0.15, -0.1) is 0 Å². The van der Waals surface area contributed by atoms with Crippen LogP contribution >= 0.6 is 15.9 Å². The summed E-state index contributed by atoms with van der Waals surface area (Å²) >= 11 is 3.31. The number of carbonyl (C=O) groups excluding carboxylic acids is 1. The molecule has 1 rings (SSSR count). The summed E-state index contributed by atoms with van der Waals surface area (Å²) in [6.07, 6.45) is 0.293. The quantitative estimate of drug-likeness (QED) is 0.786. The zero-order valence-corrected chi connectivity index (χ0v) is 11.3. The van der Waals surface area contributed by atoms with Crippen LogP contribution in [0.15, 0.2) is 22.7 Å². The van der Waals surface area contributed by atoms with Gasteiger partial charge in [-0.1, -0.05) is 15.9 Å². The first-order valence-electron chi connectivity index (χ1n) is 5.42. The molecular formula is C12H13BrFN3O. The van der Waals surface area contributed by atoms with Gasteiger partial charge in [0.25, 0.3) is 0 Å². The van der Waals surface area contributed by atoms with E-state index in [0.717, 1.165) is 10.0 Å². The topological polar surface area (TPSA) is 64.9 Å². The third kappa shape index (κ3) is 5.25. The molecule has 4 nitrogen and oxygen atoms in total. The number of benzene rings is 1. The summed E-state index contributed by atoms with van der Waals surface area (Å²) in [5.41, 5.74) is 0.750. The van der Waals surface area contributed by atoms with Gasteiger partial charge in [0.1, 0.15) is 5.82 Å². The van der Waals surface area contributed by atoms with Crippen molar-refractivity contribution < 1.29 is 9.18 Å². The summed E-state index contributed by atoms with van der Waals surface area (Å²) in [5, 5.41) is 13.8. The largest absolute Gasteiger partial charge is 0.354 e. The van der Waals surface area contributed by atoms with Crippen molar-refractivity contribution in [3.05, 3.63) is 34.1 Å². The van der Waals surface area contributed by atoms with Gasteiger partial charge in [-0.05, 0) is 23.8 Å². The Bertz CT molecular complexity index is 459. The Morgan fingerprint density at radius 3 is 3.00 bits per heavy atom. The Balaban J connectivity index is 2.31. The first kappa shape index (κ1) is 14.6. The fraction of sp³-hybridized carbons (Fsp3) is 0.333. The third-order valence-electron chi connectivity index (χ3n) is 2.17. The van der Waals surface area contributed by atoms with Crippen molar-refractivity contribution in [1.29, 1.82) is 5.26 Å². The van der Waals surface area contributed by atoms with Crippen molar-refractivity contribution in [2.24, 2.45) is 0 Å². The monoisotopic (exact) mass is 313 g/mol. The van der Waals surface area contributed by atoms with E-state index >= 15 is 0 Å². The number of nitrogens with one attached hydrogen (secondary N) is 2. The number of nitriles is 1. The lowest BCUT2D eigenvalue weighted by atomic mass is 10.2. The minimum Gasteiger partial charge on any atom is -0.354 e. The van der Waals surface area contributed by atoms with Gasteiger partial charge in [0, 0.05) is 17.6 Å². The lowest BCUT2D eigenvalue weighted by Gasteiger charge is -2.07. The summed E-state index contributed by atoms with van der Waals surface area (Å²) in [7, 11) is 0. The number of halogens is 2. The van der Waals surface area contributed by atoms with E-state index in [1.165, 1.54) is 12.1 Å². The van der Waals surface area contributed by atoms with Crippen molar-refractivity contribution in [3.63, 3.8) is 0 Å². The molecule has 0 bridgehead atoms. The summed E-state index contributed by atoms with van der Waals surface area (Å²) in [5.74, 6) is -0.494. The van der Waals surface area contributed by atoms with Crippen LogP contribution in [0.2, 0.25) is 0 Å². The van der Waals surface area contributed by atoms with Gasteiger partial charge in [-0.2, -0.15) is 5.26 Å². The van der Waals surface area contributed by atoms with Crippen molar-refractivity contribution in [2.45, 2.75) is 13.0 Å². The number of nitrogens with zero attached hydrogens (tertiary/aromatic N) is 1. The molecule has 96 valence electrons. The average Bonchev–Trinajstić information content (AvgIpc) is 2.34. The lowest BCUT2D eigenvalue weighted by Crippen LogP contribution is -2.34. The predicted molar refractivity (Wildman–Crippen MR) is 69.0 cm³/mol. The van der Waals surface area contributed by atoms with Crippen molar-refractivity contribution in [3.8, 4) is 6.07 Å². The maximum absolute atomic E-state index is 13.0. The highest BCUT2D eigenvalue weighted by molar-refractivity contribution is 9.10. The predicted octanol–water partition coefficient (Wildman–Crippen LogP) is 1.71. The normalized spacial score (nSPS) is 9.83. The Morgan fingerprint density at radius 1 is 1.50 bits per heavy atom. The van der Waals surface area contributed by atoms with E-state index in [1.54, 1.807) is 6.07 Å². The summed E-state index contributed by atoms with van der Waals surface area (Å²) in [6.45, 7) is 0.874. The van der Waals surface area contributed by atoms with Crippen LogP contribution < -0.4 is 10.6 Å². The fourth-order valence-electron chi connectivity index (χ4n) is 1.31. The van der Waals surface area contributed by atoms with E-state index in [4.69, 9.17) is 5.26 Å². The SMILES string of the molecule is N#CCCNC(=O)CNCc1cc(F)ccc1Br. The number of rotatable bonds is 6. The third-order valence-corrected chi connectivity index (χ3v) is 2.94. The molecule has 0 aliphatic rings. The van der Waals surface area contributed by atoms with Gasteiger partial charge in [0.2, 0.25) is 5.91 Å². The minimum atomic E-state index is -0.312. The highest BCUT2D eigenvalue weighted by atomic mass is 79.9. The van der Waals surface area contributed by atoms with Crippen molar-refractivity contribution in [2.75, 3.05) is 13.1 Å². The maximum Gasteiger partial charge on any atom is 0.234 e. The fourth-order valence-corrected chi connectivity index (χ4v) is 1.70. The second-order valence-corrected chi connectivity index (χ2v) is 4.45. The Hall–Kier alpha value is -1.45. The average molecular weight is 314 g/mol. The lowest BCUT2D eigenvalue weighted by molar-refractivity contribution is -0.120. The number of amides is 1. The first-order chi connectivity index (χ1) is 8.63. The second-order valence-electron chi connectivity index (χ2n) is 3.60. The van der Waals surface area contributed by atoms with E-state index < -0.39 is 0 Å². The van der Waals surface area contributed by atoms with Crippen LogP contribution in [0.1, 0.15) is 12.0 Å². The molecule has 0 saturated heterocycles. The summed E-state index contributed by atoms with van der Waals surface area (Å²) < 4.78 is 13.8. The Morgan fingerprint density at radius 2 is 2.28 bits per heavy atom. The Kier molecular flexibility index (Phi) is 6.33. The van der Waals surface area contributed by atoms with Crippen molar-refractivity contribution in [1.82, 2.24) is 10.6 Å². The standard InChI is InChI=1S/C12H13BrFN3O/c13-11-3-2-10(14)6-9(11)7-16-8-12(18)17-5-1-4-15/h2-3,6,16H,1,5,7-8H2,(H,17,18). The molecule has 1 amide bonds. The highest BCUT2D eigenvalue weighted by Gasteiger charge is 2.03. The van der Waals surface area contributed by atoms with Gasteiger partial charge < -0.3 is 10.6 Å². The van der Waals surface area contributed by atoms with Crippen LogP contribution in [0.3, 0.4) is 0 Å². The number of hydrogen-bond acceptors (Lipinski definition) is 3. The van der Waals surface area contributed by atoms with Gasteiger partial charge in [0.05, 0.1) is 19.0 Å². The molecular weight excluding hydrogens is 301 g/mol. The number of carbonyl (C=O) groups is 1. The van der Waals surface area contributed by atoms with E-state index in [9.17, 15) is 9.18 Å². The maximum atomic E-state index is 13.0. The molecule has 2 N–H and O–H groups in total. The van der Waals surface area contributed by atoms with Crippen LogP contribution in [-0.2, 0) is 11.3 Å². The van der Waals surface area contributed by atoms with Crippen LogP contribution in [0, 0.1) is 17.1 Å². The summed E-state index contributed by atoms with van der Waals surface area (Å²) in [6, 6.07) is 6.33.